The first-order valence-corrected chi connectivity index (χ1v) is 13.9. The highest BCUT2D eigenvalue weighted by molar-refractivity contribution is 8.00. The van der Waals surface area contributed by atoms with Gasteiger partial charge in [0.2, 0.25) is 0 Å². The van der Waals surface area contributed by atoms with Crippen molar-refractivity contribution in [1.29, 1.82) is 0 Å². The van der Waals surface area contributed by atoms with Crippen LogP contribution in [-0.2, 0) is 4.79 Å². The highest BCUT2D eigenvalue weighted by atomic mass is 32.2. The minimum atomic E-state index is -0.534. The Bertz CT molecular complexity index is 1590. The Morgan fingerprint density at radius 1 is 0.738 bits per heavy atom. The largest absolute Gasteiger partial charge is 0.497 e. The molecule has 0 fully saturated rings. The smallest absolute Gasteiger partial charge is 0.272 e. The molecule has 0 aliphatic rings. The number of anilines is 1. The van der Waals surface area contributed by atoms with E-state index >= 15 is 0 Å². The van der Waals surface area contributed by atoms with E-state index in [1.54, 1.807) is 111 Å². The fourth-order valence-corrected chi connectivity index (χ4v) is 4.76. The fourth-order valence-electron chi connectivity index (χ4n) is 3.91. The molecule has 0 aliphatic heterocycles. The summed E-state index contributed by atoms with van der Waals surface area (Å²) in [4.78, 5) is 39.9. The molecule has 0 heterocycles. The van der Waals surface area contributed by atoms with Crippen LogP contribution in [-0.4, -0.2) is 44.7 Å². The average molecular weight is 583 g/mol. The van der Waals surface area contributed by atoms with Crippen LogP contribution in [0.5, 0.6) is 17.2 Å². The van der Waals surface area contributed by atoms with Crippen molar-refractivity contribution in [1.82, 2.24) is 5.32 Å². The predicted octanol–water partition coefficient (Wildman–Crippen LogP) is 6.10. The molecule has 0 saturated carbocycles. The number of rotatable bonds is 12. The van der Waals surface area contributed by atoms with Crippen molar-refractivity contribution in [2.75, 3.05) is 32.4 Å². The monoisotopic (exact) mass is 582 g/mol. The Kier molecular flexibility index (Phi) is 10.4. The van der Waals surface area contributed by atoms with Gasteiger partial charge >= 0.3 is 0 Å². The Labute approximate surface area is 248 Å². The summed E-state index contributed by atoms with van der Waals surface area (Å²) in [6, 6.07) is 27.9. The van der Waals surface area contributed by atoms with Gasteiger partial charge < -0.3 is 24.8 Å². The Morgan fingerprint density at radius 3 is 2.14 bits per heavy atom. The summed E-state index contributed by atoms with van der Waals surface area (Å²) in [5.74, 6) is 0.955. The van der Waals surface area contributed by atoms with E-state index in [9.17, 15) is 14.4 Å². The third-order valence-corrected chi connectivity index (χ3v) is 7.14. The molecule has 0 radical (unpaired) electrons. The second kappa shape index (κ2) is 14.6. The summed E-state index contributed by atoms with van der Waals surface area (Å²) in [6.07, 6.45) is 1.54. The van der Waals surface area contributed by atoms with E-state index in [4.69, 9.17) is 14.2 Å². The molecule has 0 saturated heterocycles. The number of nitrogens with one attached hydrogen (secondary N) is 2. The maximum absolute atomic E-state index is 13.5. The van der Waals surface area contributed by atoms with Crippen LogP contribution < -0.4 is 24.8 Å². The van der Waals surface area contributed by atoms with E-state index in [1.165, 1.54) is 18.9 Å². The maximum atomic E-state index is 13.5. The number of benzene rings is 4. The Morgan fingerprint density at radius 2 is 1.45 bits per heavy atom. The third kappa shape index (κ3) is 8.02. The van der Waals surface area contributed by atoms with Gasteiger partial charge in [-0.05, 0) is 72.8 Å². The van der Waals surface area contributed by atoms with Crippen LogP contribution in [0.25, 0.3) is 6.08 Å². The van der Waals surface area contributed by atoms with Gasteiger partial charge in [-0.25, -0.2) is 0 Å². The third-order valence-electron chi connectivity index (χ3n) is 6.14. The van der Waals surface area contributed by atoms with Gasteiger partial charge in [0.05, 0.1) is 27.1 Å². The van der Waals surface area contributed by atoms with Crippen molar-refractivity contribution in [3.63, 3.8) is 0 Å². The second-order valence-corrected chi connectivity index (χ2v) is 9.96. The summed E-state index contributed by atoms with van der Waals surface area (Å²) in [6.45, 7) is 0. The number of ether oxygens (including phenoxy) is 3. The first-order chi connectivity index (χ1) is 20.4. The van der Waals surface area contributed by atoms with Crippen molar-refractivity contribution in [2.24, 2.45) is 0 Å². The molecule has 0 aliphatic carbocycles. The van der Waals surface area contributed by atoms with Crippen LogP contribution >= 0.6 is 11.8 Å². The fraction of sp³-hybridized carbons (Fsp3) is 0.121. The predicted molar refractivity (Wildman–Crippen MR) is 165 cm³/mol. The normalized spacial score (nSPS) is 10.9. The lowest BCUT2D eigenvalue weighted by Crippen LogP contribution is -2.30. The van der Waals surface area contributed by atoms with Crippen LogP contribution in [0.2, 0.25) is 0 Å². The number of amides is 2. The van der Waals surface area contributed by atoms with Crippen molar-refractivity contribution in [3.05, 3.63) is 119 Å². The van der Waals surface area contributed by atoms with E-state index in [0.717, 1.165) is 4.90 Å². The van der Waals surface area contributed by atoms with Gasteiger partial charge in [0.1, 0.15) is 22.9 Å². The van der Waals surface area contributed by atoms with Gasteiger partial charge in [0, 0.05) is 33.3 Å². The number of hydrogen-bond donors (Lipinski definition) is 2. The van der Waals surface area contributed by atoms with Crippen LogP contribution in [0, 0.1) is 0 Å². The number of Topliss-reactive ketones (excluding diaryl/α,β-unsaturated/α-hetero) is 1. The van der Waals surface area contributed by atoms with E-state index in [0.29, 0.717) is 39.6 Å². The molecule has 9 heteroatoms. The average Bonchev–Trinajstić information content (AvgIpc) is 3.04. The Hall–Kier alpha value is -5.02. The number of thioether (sulfide) groups is 1. The molecule has 0 bridgehead atoms. The summed E-state index contributed by atoms with van der Waals surface area (Å²) in [7, 11) is 4.63. The summed E-state index contributed by atoms with van der Waals surface area (Å²) >= 11 is 1.36. The Balaban J connectivity index is 1.52. The van der Waals surface area contributed by atoms with Gasteiger partial charge in [-0.1, -0.05) is 24.3 Å². The minimum absolute atomic E-state index is 0.0139. The first-order valence-electron chi connectivity index (χ1n) is 12.9. The zero-order valence-corrected chi connectivity index (χ0v) is 24.2. The van der Waals surface area contributed by atoms with E-state index < -0.39 is 11.8 Å². The molecule has 8 nitrogen and oxygen atoms in total. The van der Waals surface area contributed by atoms with Crippen LogP contribution in [0.3, 0.4) is 0 Å². The van der Waals surface area contributed by atoms with E-state index in [-0.39, 0.29) is 17.2 Å². The highest BCUT2D eigenvalue weighted by Gasteiger charge is 2.17. The highest BCUT2D eigenvalue weighted by Crippen LogP contribution is 2.27. The topological polar surface area (TPSA) is 103 Å². The number of carbonyl (C=O) groups excluding carboxylic acids is 3. The second-order valence-electron chi connectivity index (χ2n) is 8.91. The van der Waals surface area contributed by atoms with Crippen LogP contribution in [0.4, 0.5) is 5.69 Å². The van der Waals surface area contributed by atoms with Crippen molar-refractivity contribution in [2.45, 2.75) is 4.90 Å². The molecule has 0 spiro atoms. The lowest BCUT2D eigenvalue weighted by molar-refractivity contribution is -0.113. The SMILES string of the molecule is COc1ccc(C(=O)CSc2cccc(NC(=O)/C(=C/c3ccc(OC)cc3OC)NC(=O)c3ccccc3)c2)cc1. The van der Waals surface area contributed by atoms with Crippen molar-refractivity contribution < 1.29 is 28.6 Å². The summed E-state index contributed by atoms with van der Waals surface area (Å²) < 4.78 is 15.9. The molecule has 0 unspecified atom stereocenters. The lowest BCUT2D eigenvalue weighted by Gasteiger charge is -2.13. The van der Waals surface area contributed by atoms with Gasteiger partial charge in [-0.15, -0.1) is 11.8 Å². The van der Waals surface area contributed by atoms with Crippen molar-refractivity contribution >= 4 is 41.1 Å². The van der Waals surface area contributed by atoms with E-state index in [1.807, 2.05) is 6.07 Å². The molecule has 42 heavy (non-hydrogen) atoms. The lowest BCUT2D eigenvalue weighted by atomic mass is 10.1. The molecular formula is C33H30N2O6S. The number of methoxy groups -OCH3 is 3. The number of carbonyl (C=O) groups is 3. The number of hydrogen-bond acceptors (Lipinski definition) is 7. The molecule has 0 atom stereocenters. The zero-order valence-electron chi connectivity index (χ0n) is 23.4. The molecule has 2 N–H and O–H groups in total. The zero-order chi connectivity index (χ0) is 29.9. The van der Waals surface area contributed by atoms with Gasteiger partial charge in [0.25, 0.3) is 11.8 Å². The standard InChI is InChI=1S/C33H30N2O6S/c1-39-26-15-12-22(13-16-26)30(36)21-42-28-11-7-10-25(19-28)34-33(38)29(35-32(37)23-8-5-4-6-9-23)18-24-14-17-27(40-2)20-31(24)41-3/h4-20H,21H2,1-3H3,(H,34,38)(H,35,37)/b29-18-. The minimum Gasteiger partial charge on any atom is -0.497 e. The van der Waals surface area contributed by atoms with Gasteiger partial charge in [-0.3, -0.25) is 14.4 Å². The van der Waals surface area contributed by atoms with Crippen LogP contribution in [0.15, 0.2) is 108 Å². The molecule has 4 aromatic rings. The molecule has 4 rings (SSSR count). The first kappa shape index (κ1) is 30.0. The summed E-state index contributed by atoms with van der Waals surface area (Å²) in [5, 5.41) is 5.58. The van der Waals surface area contributed by atoms with Gasteiger partial charge in [0.15, 0.2) is 5.78 Å². The van der Waals surface area contributed by atoms with E-state index in [2.05, 4.69) is 10.6 Å². The molecular weight excluding hydrogens is 552 g/mol. The van der Waals surface area contributed by atoms with Crippen LogP contribution in [0.1, 0.15) is 26.3 Å². The van der Waals surface area contributed by atoms with Gasteiger partial charge in [-0.2, -0.15) is 0 Å². The molecule has 2 amide bonds. The molecule has 214 valence electrons. The maximum Gasteiger partial charge on any atom is 0.272 e. The number of ketones is 1. The molecule has 0 aromatic heterocycles. The van der Waals surface area contributed by atoms with Crippen molar-refractivity contribution in [3.8, 4) is 17.2 Å². The quantitative estimate of drug-likeness (QED) is 0.118. The summed E-state index contributed by atoms with van der Waals surface area (Å²) in [5.41, 5.74) is 2.07. The molecule has 4 aromatic carbocycles.